The topological polar surface area (TPSA) is 19.6 Å². The van der Waals surface area contributed by atoms with Gasteiger partial charge in [0, 0.05) is 33.8 Å². The number of nitrogens with zero attached hydrogens (tertiary/aromatic N) is 2. The first-order valence-electron chi connectivity index (χ1n) is 29.3. The van der Waals surface area contributed by atoms with Crippen LogP contribution in [0.3, 0.4) is 0 Å². The van der Waals surface area contributed by atoms with Crippen LogP contribution in [-0.2, 0) is 21.7 Å². The average molecular weight is 926 g/mol. The van der Waals surface area contributed by atoms with Gasteiger partial charge in [-0.3, -0.25) is 0 Å². The molecular formula is C66H73BN2O. The molecule has 0 amide bonds. The molecule has 4 heteroatoms. The third-order valence-electron chi connectivity index (χ3n) is 19.2. The Labute approximate surface area is 426 Å². The number of hydrogen-bond acceptors (Lipinski definition) is 3. The van der Waals surface area contributed by atoms with Gasteiger partial charge in [0.1, 0.15) is 5.58 Å². The number of benzene rings is 6. The monoisotopic (exact) mass is 926 g/mol. The second-order valence-corrected chi connectivity index (χ2v) is 25.6. The number of anilines is 6. The minimum Gasteiger partial charge on any atom is -0.468 e. The van der Waals surface area contributed by atoms with Crippen LogP contribution in [0.25, 0.3) is 22.1 Å². The van der Waals surface area contributed by atoms with Gasteiger partial charge in [-0.05, 0) is 218 Å². The zero-order valence-corrected chi connectivity index (χ0v) is 43.8. The van der Waals surface area contributed by atoms with E-state index in [1.807, 2.05) is 0 Å². The minimum atomic E-state index is -0.390. The Balaban J connectivity index is 1.21. The van der Waals surface area contributed by atoms with Crippen LogP contribution in [0.15, 0.2) is 107 Å². The summed E-state index contributed by atoms with van der Waals surface area (Å²) in [5.41, 5.74) is 22.0. The smallest absolute Gasteiger partial charge is 0.297 e. The van der Waals surface area contributed by atoms with Crippen molar-refractivity contribution in [2.45, 2.75) is 180 Å². The van der Waals surface area contributed by atoms with Crippen molar-refractivity contribution in [3.63, 3.8) is 0 Å². The van der Waals surface area contributed by atoms with Crippen LogP contribution in [-0.4, -0.2) is 6.71 Å². The highest BCUT2D eigenvalue weighted by molar-refractivity contribution is 7.00. The normalized spacial score (nSPS) is 24.9. The zero-order chi connectivity index (χ0) is 52.9. The molecular weight excluding hydrogens is 848 g/mol. The van der Waals surface area contributed by atoms with Crippen molar-refractivity contribution in [2.24, 2.45) is 0 Å². The Bertz CT molecular complexity index is 3610. The fourth-order valence-corrected chi connectivity index (χ4v) is 14.5. The van der Waals surface area contributed by atoms with Crippen LogP contribution in [0, 0.1) is 0 Å². The number of furan rings is 1. The van der Waals surface area contributed by atoms with E-state index in [0.29, 0.717) is 29.2 Å². The Hall–Kier alpha value is -5.48. The van der Waals surface area contributed by atoms with Crippen molar-refractivity contribution >= 4 is 68.4 Å². The first-order valence-corrected chi connectivity index (χ1v) is 26.8. The molecule has 356 valence electrons. The molecule has 6 aliphatic rings. The summed E-state index contributed by atoms with van der Waals surface area (Å²) in [5.74, 6) is 1.58. The zero-order valence-electron chi connectivity index (χ0n) is 48.8. The fraction of sp³-hybridized carbons (Fsp3) is 0.424. The Morgan fingerprint density at radius 1 is 0.500 bits per heavy atom. The van der Waals surface area contributed by atoms with Gasteiger partial charge in [-0.15, -0.1) is 0 Å². The van der Waals surface area contributed by atoms with Gasteiger partial charge in [-0.1, -0.05) is 131 Å². The second kappa shape index (κ2) is 15.0. The summed E-state index contributed by atoms with van der Waals surface area (Å²) in [4.78, 5) is 4.95. The van der Waals surface area contributed by atoms with Gasteiger partial charge in [0.05, 0.1) is 18.2 Å². The van der Waals surface area contributed by atoms with E-state index in [-0.39, 0.29) is 64.1 Å². The predicted octanol–water partition coefficient (Wildman–Crippen LogP) is 16.9. The van der Waals surface area contributed by atoms with Crippen molar-refractivity contribution in [1.82, 2.24) is 0 Å². The fourth-order valence-electron chi connectivity index (χ4n) is 14.5. The number of hydrogen-bond donors (Lipinski definition) is 0. The van der Waals surface area contributed by atoms with Crippen molar-refractivity contribution in [3.05, 3.63) is 148 Å². The lowest BCUT2D eigenvalue weighted by atomic mass is 9.35. The maximum absolute atomic E-state index is 9.57. The quantitative estimate of drug-likeness (QED) is 0.165. The Morgan fingerprint density at radius 2 is 0.971 bits per heavy atom. The Kier molecular flexibility index (Phi) is 8.41. The molecule has 0 bridgehead atoms. The molecule has 1 aromatic heterocycles. The van der Waals surface area contributed by atoms with E-state index in [0.717, 1.165) is 108 Å². The van der Waals surface area contributed by atoms with Gasteiger partial charge in [0.25, 0.3) is 6.71 Å². The maximum Gasteiger partial charge on any atom is 0.297 e. The average Bonchev–Trinajstić information content (AvgIpc) is 3.75. The largest absolute Gasteiger partial charge is 0.468 e. The van der Waals surface area contributed by atoms with E-state index in [4.69, 9.17) is 8.53 Å². The van der Waals surface area contributed by atoms with Crippen LogP contribution in [0.1, 0.15) is 209 Å². The molecule has 3 heterocycles. The van der Waals surface area contributed by atoms with Crippen LogP contribution in [0.4, 0.5) is 34.1 Å². The van der Waals surface area contributed by atoms with E-state index in [2.05, 4.69) is 166 Å². The van der Waals surface area contributed by atoms with Crippen molar-refractivity contribution in [3.8, 4) is 11.1 Å². The van der Waals surface area contributed by atoms with Gasteiger partial charge in [0.15, 0.2) is 0 Å². The molecule has 6 aromatic carbocycles. The van der Waals surface area contributed by atoms with Crippen molar-refractivity contribution in [1.29, 1.82) is 0 Å². The molecule has 0 N–H and O–H groups in total. The lowest BCUT2D eigenvalue weighted by Gasteiger charge is -2.46. The highest BCUT2D eigenvalue weighted by Gasteiger charge is 2.49. The van der Waals surface area contributed by atoms with Crippen molar-refractivity contribution < 1.29 is 11.3 Å². The molecule has 3 nitrogen and oxygen atoms in total. The van der Waals surface area contributed by atoms with Crippen LogP contribution in [0.5, 0.6) is 0 Å². The van der Waals surface area contributed by atoms with E-state index in [9.17, 15) is 2.74 Å². The van der Waals surface area contributed by atoms with Gasteiger partial charge >= 0.3 is 0 Å². The molecule has 4 atom stereocenters. The summed E-state index contributed by atoms with van der Waals surface area (Å²) in [7, 11) is 0. The SMILES string of the molecule is [2H]c1c([2H])c([2H])c(-c2cc3c4c(c2)N(c2ccc5c(c2)C(C)(C)CCC5(C)C)c2c(oc5cc6c(cc25)C(C)CCC6C)B4c2cc4c(cc2N3c2ccc3c(c2)C(C)(C)CCC3(C)C)C(C)CCC4C)c([2H])c1[2H]. The molecule has 0 fully saturated rings. The molecule has 13 rings (SSSR count). The lowest BCUT2D eigenvalue weighted by Crippen LogP contribution is -2.61. The van der Waals surface area contributed by atoms with Gasteiger partial charge in [-0.25, -0.2) is 0 Å². The van der Waals surface area contributed by atoms with E-state index >= 15 is 0 Å². The van der Waals surface area contributed by atoms with Gasteiger partial charge < -0.3 is 14.2 Å². The van der Waals surface area contributed by atoms with E-state index < -0.39 is 0 Å². The Morgan fingerprint density at radius 3 is 1.53 bits per heavy atom. The molecule has 0 spiro atoms. The number of fused-ring (bicyclic) bond motifs is 10. The summed E-state index contributed by atoms with van der Waals surface area (Å²) in [5, 5.41) is 1.09. The lowest BCUT2D eigenvalue weighted by molar-refractivity contribution is 0.332. The summed E-state index contributed by atoms with van der Waals surface area (Å²) in [6, 6.07) is 27.0. The molecule has 7 aromatic rings. The number of rotatable bonds is 3. The summed E-state index contributed by atoms with van der Waals surface area (Å²) in [6.07, 6.45) is 8.92. The highest BCUT2D eigenvalue weighted by atomic mass is 16.3. The maximum atomic E-state index is 9.57. The summed E-state index contributed by atoms with van der Waals surface area (Å²) in [6.45, 7) is 28.3. The molecule has 0 saturated carbocycles. The van der Waals surface area contributed by atoms with Crippen LogP contribution < -0.4 is 26.4 Å². The molecule has 70 heavy (non-hydrogen) atoms. The molecule has 0 radical (unpaired) electrons. The van der Waals surface area contributed by atoms with E-state index in [1.165, 1.54) is 50.0 Å². The van der Waals surface area contributed by atoms with Crippen LogP contribution >= 0.6 is 0 Å². The van der Waals surface area contributed by atoms with Gasteiger partial charge in [-0.2, -0.15) is 0 Å². The molecule has 4 unspecified atom stereocenters. The van der Waals surface area contributed by atoms with E-state index in [1.54, 1.807) is 0 Å². The highest BCUT2D eigenvalue weighted by Crippen LogP contribution is 2.55. The third kappa shape index (κ3) is 6.39. The summed E-state index contributed by atoms with van der Waals surface area (Å²) >= 11 is 0. The molecule has 0 saturated heterocycles. The second-order valence-electron chi connectivity index (χ2n) is 25.6. The minimum absolute atomic E-state index is 0.00644. The first kappa shape index (κ1) is 39.2. The van der Waals surface area contributed by atoms with Crippen molar-refractivity contribution in [2.75, 3.05) is 9.80 Å². The van der Waals surface area contributed by atoms with Gasteiger partial charge in [0.2, 0.25) is 0 Å². The van der Waals surface area contributed by atoms with Crippen LogP contribution in [0.2, 0.25) is 0 Å². The summed E-state index contributed by atoms with van der Waals surface area (Å²) < 4.78 is 53.6. The molecule has 2 aliphatic heterocycles. The third-order valence-corrected chi connectivity index (χ3v) is 19.2. The standard InChI is InChI=1S/C66H73BN2O/c1-38-18-21-41(4)49-37-59-50(34-46(38)49)61-62(70-59)67-55-35-47-39(2)19-20-40(3)48(47)36-56(55)68(44-22-24-51-53(32-44)65(9,10)28-26-63(51,5)6)57-30-43(42-16-14-13-15-17-42)31-58(60(57)67)69(61)45-23-25-52-54(33-45)66(11,12)29-27-64(52,7)8/h13-17,22-25,30-41H,18-21,26-29H2,1-12H3/i13D,14D,15D,16D,17D. The predicted molar refractivity (Wildman–Crippen MR) is 298 cm³/mol. The first-order chi connectivity index (χ1) is 35.4. The molecule has 4 aliphatic carbocycles.